The van der Waals surface area contributed by atoms with Crippen LogP contribution in [0, 0.1) is 0 Å². The fraction of sp³-hybridized carbons (Fsp3) is 0.739. The first-order chi connectivity index (χ1) is 38.2. The lowest BCUT2D eigenvalue weighted by Gasteiger charge is -2.25. The van der Waals surface area contributed by atoms with E-state index in [0.29, 0.717) is 78.9 Å². The zero-order chi connectivity index (χ0) is 59.8. The van der Waals surface area contributed by atoms with Crippen molar-refractivity contribution in [3.05, 3.63) is 0 Å². The Morgan fingerprint density at radius 3 is 1.02 bits per heavy atom. The Morgan fingerprint density at radius 2 is 0.662 bits per heavy atom. The highest BCUT2D eigenvalue weighted by atomic mass is 16.6. The second kappa shape index (κ2) is 47.6. The van der Waals surface area contributed by atoms with Gasteiger partial charge in [-0.1, -0.05) is 0 Å². The third-order valence-corrected chi connectivity index (χ3v) is 10.3. The third-order valence-electron chi connectivity index (χ3n) is 10.3. The van der Waals surface area contributed by atoms with Crippen molar-refractivity contribution < 1.29 is 66.8 Å². The summed E-state index contributed by atoms with van der Waals surface area (Å²) in [6.45, 7) is 6.82. The van der Waals surface area contributed by atoms with Gasteiger partial charge < -0.3 is 117 Å². The summed E-state index contributed by atoms with van der Waals surface area (Å²) in [5.41, 5.74) is 43.3. The number of carbonyl (C=O) groups is 8. The van der Waals surface area contributed by atoms with Gasteiger partial charge in [0.1, 0.15) is 24.2 Å². The Labute approximate surface area is 466 Å². The molecule has 24 N–H and O–H groups in total. The van der Waals surface area contributed by atoms with Crippen LogP contribution in [0.1, 0.15) is 65.2 Å². The smallest absolute Gasteiger partial charge is 0.243 e. The molecule has 0 aromatic heterocycles. The maximum absolute atomic E-state index is 13.8. The van der Waals surface area contributed by atoms with Crippen LogP contribution < -0.4 is 88.4 Å². The van der Waals surface area contributed by atoms with Crippen LogP contribution >= 0.6 is 0 Å². The van der Waals surface area contributed by atoms with Gasteiger partial charge in [0.15, 0.2) is 23.8 Å². The Bertz CT molecular complexity index is 1930. The van der Waals surface area contributed by atoms with Gasteiger partial charge in [0.05, 0.1) is 92.3 Å². The molecular weight excluding hydrogens is 1060 g/mol. The minimum atomic E-state index is -1.30. The molecular formula is C46H90N20O14. The van der Waals surface area contributed by atoms with E-state index in [1.807, 2.05) is 6.92 Å². The maximum Gasteiger partial charge on any atom is 0.243 e. The van der Waals surface area contributed by atoms with Gasteiger partial charge in [-0.3, -0.25) is 58.3 Å². The quantitative estimate of drug-likeness (QED) is 0.0153. The number of guanidine groups is 4. The van der Waals surface area contributed by atoms with Gasteiger partial charge in [-0.15, -0.1) is 0 Å². The summed E-state index contributed by atoms with van der Waals surface area (Å²) in [7, 11) is 0. The Hall–Kier alpha value is -7.40. The molecule has 4 atom stereocenters. The number of nitrogens with two attached hydrogens (primary N) is 8. The minimum absolute atomic E-state index is 0.0153. The SMILES string of the molecule is CCOCCOCCOCCOCCOCCOCCNC(=O)[C@@H](CCCN=C(N)N)NC(=O)CNC(=O)CNC(=O)CNC(=O)[C@@H](CCCN=C(N)N)NC(=O)C(CCCN=C(N)N)NC(=O)[C@@H](CCCN=C(N)N)NC(C)=O. The summed E-state index contributed by atoms with van der Waals surface area (Å²) >= 11 is 0. The van der Waals surface area contributed by atoms with Gasteiger partial charge in [0, 0.05) is 46.3 Å². The lowest BCUT2D eigenvalue weighted by molar-refractivity contribution is -0.134. The molecule has 0 aliphatic carbocycles. The fourth-order valence-electron chi connectivity index (χ4n) is 6.51. The average molecular weight is 1150 g/mol. The van der Waals surface area contributed by atoms with Gasteiger partial charge in [0.25, 0.3) is 0 Å². The molecule has 80 heavy (non-hydrogen) atoms. The van der Waals surface area contributed by atoms with Crippen molar-refractivity contribution in [1.82, 2.24) is 42.5 Å². The Balaban J connectivity index is 5.26. The lowest BCUT2D eigenvalue weighted by atomic mass is 10.1. The predicted molar refractivity (Wildman–Crippen MR) is 296 cm³/mol. The zero-order valence-corrected chi connectivity index (χ0v) is 46.2. The molecule has 0 spiro atoms. The average Bonchev–Trinajstić information content (AvgIpc) is 3.40. The van der Waals surface area contributed by atoms with Crippen LogP contribution in [-0.4, -0.2) is 227 Å². The summed E-state index contributed by atoms with van der Waals surface area (Å²) in [4.78, 5) is 120. The molecule has 0 heterocycles. The molecule has 0 aliphatic heterocycles. The first-order valence-corrected chi connectivity index (χ1v) is 26.2. The molecule has 0 bridgehead atoms. The second-order valence-electron chi connectivity index (χ2n) is 17.1. The number of aliphatic imine (C=N–C) groups is 4. The van der Waals surface area contributed by atoms with E-state index >= 15 is 0 Å². The normalized spacial score (nSPS) is 12.2. The van der Waals surface area contributed by atoms with E-state index in [4.69, 9.17) is 74.3 Å². The van der Waals surface area contributed by atoms with Crippen LogP contribution in [0.2, 0.25) is 0 Å². The number of rotatable bonds is 49. The van der Waals surface area contributed by atoms with E-state index in [2.05, 4.69) is 62.5 Å². The van der Waals surface area contributed by atoms with E-state index < -0.39 is 91.1 Å². The molecule has 0 aromatic rings. The predicted octanol–water partition coefficient (Wildman–Crippen LogP) is -8.26. The van der Waals surface area contributed by atoms with Crippen LogP contribution in [0.15, 0.2) is 20.0 Å². The highest BCUT2D eigenvalue weighted by molar-refractivity contribution is 5.95. The standard InChI is InChI=1S/C46H90N20O14/c1-3-75-18-19-77-22-23-79-26-27-80-25-24-78-21-20-76-17-16-55-39(71)32(8-4-12-56-43(47)48)64-38(70)30-61-36(68)28-60-37(69)29-62-40(72)33(9-5-13-57-44(49)50)65-42(74)35(11-7-15-59-46(53)54)66-41(73)34(63-31(2)67)10-6-14-58-45(51)52/h32-35H,3-30H2,1-2H3,(H,55,71)(H,60,69)(H,61,68)(H,62,72)(H,63,67)(H,64,70)(H,65,74)(H,66,73)(H4,47,48,56)(H4,49,50,57)(H4,51,52,58)(H4,53,54,59)/t32-,33-,34-,35?/m1/s1. The van der Waals surface area contributed by atoms with Gasteiger partial charge in [-0.05, 0) is 58.3 Å². The molecule has 0 saturated heterocycles. The molecule has 0 aliphatic rings. The van der Waals surface area contributed by atoms with Crippen molar-refractivity contribution in [3.8, 4) is 0 Å². The van der Waals surface area contributed by atoms with Crippen LogP contribution in [0.4, 0.5) is 0 Å². The number of nitrogens with zero attached hydrogens (tertiary/aromatic N) is 4. The molecule has 0 aromatic carbocycles. The van der Waals surface area contributed by atoms with E-state index in [-0.39, 0.29) is 108 Å². The molecule has 34 nitrogen and oxygen atoms in total. The van der Waals surface area contributed by atoms with E-state index in [1.165, 1.54) is 6.92 Å². The van der Waals surface area contributed by atoms with Crippen molar-refractivity contribution in [2.75, 3.05) is 132 Å². The monoisotopic (exact) mass is 1150 g/mol. The van der Waals surface area contributed by atoms with Gasteiger partial charge in [-0.25, -0.2) is 0 Å². The number of carbonyl (C=O) groups excluding carboxylic acids is 8. The number of hydrogen-bond acceptors (Lipinski definition) is 18. The van der Waals surface area contributed by atoms with Crippen LogP contribution in [0.25, 0.3) is 0 Å². The van der Waals surface area contributed by atoms with Crippen LogP contribution in [0.3, 0.4) is 0 Å². The number of nitrogens with one attached hydrogen (secondary N) is 8. The highest BCUT2D eigenvalue weighted by Gasteiger charge is 2.29. The van der Waals surface area contributed by atoms with Crippen LogP contribution in [-0.2, 0) is 66.8 Å². The largest absolute Gasteiger partial charge is 0.379 e. The molecule has 1 unspecified atom stereocenters. The number of hydrogen-bond donors (Lipinski definition) is 16. The van der Waals surface area contributed by atoms with E-state index in [0.717, 1.165) is 0 Å². The van der Waals surface area contributed by atoms with Crippen molar-refractivity contribution in [2.45, 2.75) is 89.4 Å². The van der Waals surface area contributed by atoms with Crippen molar-refractivity contribution in [2.24, 2.45) is 65.8 Å². The highest BCUT2D eigenvalue weighted by Crippen LogP contribution is 2.07. The van der Waals surface area contributed by atoms with Gasteiger partial charge in [-0.2, -0.15) is 0 Å². The summed E-state index contributed by atoms with van der Waals surface area (Å²) in [6.07, 6.45) is 1.17. The molecule has 0 saturated carbocycles. The third kappa shape index (κ3) is 43.6. The topological polar surface area (TPSA) is 546 Å². The Morgan fingerprint density at radius 1 is 0.362 bits per heavy atom. The lowest BCUT2D eigenvalue weighted by Crippen LogP contribution is -2.57. The fourth-order valence-corrected chi connectivity index (χ4v) is 6.51. The van der Waals surface area contributed by atoms with E-state index in [1.54, 1.807) is 0 Å². The molecule has 8 amide bonds. The first-order valence-electron chi connectivity index (χ1n) is 26.2. The summed E-state index contributed by atoms with van der Waals surface area (Å²) in [6, 6.07) is -4.69. The summed E-state index contributed by atoms with van der Waals surface area (Å²) < 4.78 is 32.4. The Kier molecular flexibility index (Phi) is 43.2. The zero-order valence-electron chi connectivity index (χ0n) is 46.2. The van der Waals surface area contributed by atoms with Gasteiger partial charge >= 0.3 is 0 Å². The molecule has 458 valence electrons. The number of ether oxygens (including phenoxy) is 6. The van der Waals surface area contributed by atoms with Crippen molar-refractivity contribution in [1.29, 1.82) is 0 Å². The summed E-state index contributed by atoms with van der Waals surface area (Å²) in [5.74, 6) is -6.43. The maximum atomic E-state index is 13.8. The first kappa shape index (κ1) is 72.6. The van der Waals surface area contributed by atoms with Crippen LogP contribution in [0.5, 0.6) is 0 Å². The van der Waals surface area contributed by atoms with Gasteiger partial charge in [0.2, 0.25) is 47.3 Å². The number of amides is 8. The minimum Gasteiger partial charge on any atom is -0.379 e. The molecule has 0 rings (SSSR count). The molecule has 0 radical (unpaired) electrons. The molecule has 34 heteroatoms. The van der Waals surface area contributed by atoms with Crippen molar-refractivity contribution in [3.63, 3.8) is 0 Å². The van der Waals surface area contributed by atoms with E-state index in [9.17, 15) is 38.4 Å². The molecule has 0 fully saturated rings. The summed E-state index contributed by atoms with van der Waals surface area (Å²) in [5, 5.41) is 20.0. The van der Waals surface area contributed by atoms with Crippen molar-refractivity contribution >= 4 is 71.1 Å². The second-order valence-corrected chi connectivity index (χ2v) is 17.1.